The van der Waals surface area contributed by atoms with Crippen LogP contribution in [0.1, 0.15) is 15.9 Å². The van der Waals surface area contributed by atoms with Gasteiger partial charge in [-0.05, 0) is 36.8 Å². The number of non-ortho nitro benzene ring substituents is 1. The molecule has 0 aliphatic rings. The minimum absolute atomic E-state index is 0.0134. The van der Waals surface area contributed by atoms with Crippen LogP contribution >= 0.6 is 15.9 Å². The molecule has 7 nitrogen and oxygen atoms in total. The molecule has 130 valence electrons. The minimum atomic E-state index is -1.27. The zero-order valence-corrected chi connectivity index (χ0v) is 14.6. The molecule has 0 heterocycles. The summed E-state index contributed by atoms with van der Waals surface area (Å²) < 4.78 is 13.3. The van der Waals surface area contributed by atoms with Gasteiger partial charge in [0.2, 0.25) is 0 Å². The summed E-state index contributed by atoms with van der Waals surface area (Å²) in [6.07, 6.45) is 0. The lowest BCUT2D eigenvalue weighted by Gasteiger charge is -2.12. The van der Waals surface area contributed by atoms with E-state index < -0.39 is 23.4 Å². The van der Waals surface area contributed by atoms with Crippen molar-refractivity contribution in [3.05, 3.63) is 62.1 Å². The molecule has 0 saturated carbocycles. The van der Waals surface area contributed by atoms with E-state index in [0.717, 1.165) is 22.2 Å². The van der Waals surface area contributed by atoms with Gasteiger partial charge in [-0.2, -0.15) is 0 Å². The molecule has 0 unspecified atom stereocenters. The molecule has 0 aliphatic carbocycles. The second-order valence-corrected chi connectivity index (χ2v) is 6.00. The number of nitrogens with zero attached hydrogens (tertiary/aromatic N) is 1. The Kier molecular flexibility index (Phi) is 5.81. The Labute approximate surface area is 150 Å². The first-order valence-corrected chi connectivity index (χ1v) is 7.83. The molecular formula is C16H13BrFN3O4. The molecule has 2 aromatic carbocycles. The second kappa shape index (κ2) is 7.84. The SMILES string of the molecule is Cc1cc(Br)ccc1NC(=O)c1cc([N+](=O)[O-])ccc1NC(=O)CF. The van der Waals surface area contributed by atoms with E-state index in [-0.39, 0.29) is 16.9 Å². The number of halogens is 2. The van der Waals surface area contributed by atoms with Gasteiger partial charge in [0.1, 0.15) is 0 Å². The highest BCUT2D eigenvalue weighted by atomic mass is 79.9. The third kappa shape index (κ3) is 4.60. The Morgan fingerprint density at radius 3 is 2.44 bits per heavy atom. The predicted octanol–water partition coefficient (Wildman–Crippen LogP) is 3.83. The van der Waals surface area contributed by atoms with E-state index >= 15 is 0 Å². The lowest BCUT2D eigenvalue weighted by molar-refractivity contribution is -0.384. The lowest BCUT2D eigenvalue weighted by atomic mass is 10.1. The van der Waals surface area contributed by atoms with Gasteiger partial charge < -0.3 is 10.6 Å². The molecule has 0 aliphatic heterocycles. The molecule has 0 radical (unpaired) electrons. The normalized spacial score (nSPS) is 10.2. The molecule has 2 amide bonds. The molecule has 0 aromatic heterocycles. The molecule has 25 heavy (non-hydrogen) atoms. The highest BCUT2D eigenvalue weighted by molar-refractivity contribution is 9.10. The van der Waals surface area contributed by atoms with E-state index in [1.807, 2.05) is 0 Å². The van der Waals surface area contributed by atoms with Gasteiger partial charge in [0.15, 0.2) is 6.67 Å². The predicted molar refractivity (Wildman–Crippen MR) is 94.5 cm³/mol. The number of nitrogens with one attached hydrogen (secondary N) is 2. The van der Waals surface area contributed by atoms with E-state index in [1.54, 1.807) is 25.1 Å². The fourth-order valence-corrected chi connectivity index (χ4v) is 2.56. The van der Waals surface area contributed by atoms with Crippen LogP contribution < -0.4 is 10.6 Å². The number of anilines is 2. The highest BCUT2D eigenvalue weighted by Crippen LogP contribution is 2.25. The number of hydrogen-bond donors (Lipinski definition) is 2. The number of benzene rings is 2. The first-order valence-electron chi connectivity index (χ1n) is 7.03. The van der Waals surface area contributed by atoms with Crippen LogP contribution in [0.4, 0.5) is 21.5 Å². The summed E-state index contributed by atoms with van der Waals surface area (Å²) in [7, 11) is 0. The molecule has 0 spiro atoms. The maximum atomic E-state index is 12.5. The summed E-state index contributed by atoms with van der Waals surface area (Å²) in [6, 6.07) is 8.51. The van der Waals surface area contributed by atoms with Crippen LogP contribution in [0.5, 0.6) is 0 Å². The van der Waals surface area contributed by atoms with Gasteiger partial charge in [-0.1, -0.05) is 15.9 Å². The first-order chi connectivity index (χ1) is 11.8. The Morgan fingerprint density at radius 2 is 1.84 bits per heavy atom. The third-order valence-electron chi connectivity index (χ3n) is 3.29. The quantitative estimate of drug-likeness (QED) is 0.578. The van der Waals surface area contributed by atoms with Crippen molar-refractivity contribution in [2.45, 2.75) is 6.92 Å². The molecule has 9 heteroatoms. The molecule has 0 fully saturated rings. The maximum Gasteiger partial charge on any atom is 0.270 e. The molecule has 2 aromatic rings. The van der Waals surface area contributed by atoms with E-state index in [1.165, 1.54) is 6.07 Å². The van der Waals surface area contributed by atoms with Gasteiger partial charge in [-0.15, -0.1) is 0 Å². The molecular weight excluding hydrogens is 397 g/mol. The number of carbonyl (C=O) groups excluding carboxylic acids is 2. The molecule has 2 N–H and O–H groups in total. The summed E-state index contributed by atoms with van der Waals surface area (Å²) in [5.74, 6) is -1.62. The number of amides is 2. The van der Waals surface area contributed by atoms with Crippen LogP contribution in [0.2, 0.25) is 0 Å². The van der Waals surface area contributed by atoms with Gasteiger partial charge in [-0.25, -0.2) is 4.39 Å². The monoisotopic (exact) mass is 409 g/mol. The van der Waals surface area contributed by atoms with E-state index in [0.29, 0.717) is 5.69 Å². The average Bonchev–Trinajstić information content (AvgIpc) is 2.57. The van der Waals surface area contributed by atoms with Crippen LogP contribution in [0.25, 0.3) is 0 Å². The number of rotatable bonds is 5. The van der Waals surface area contributed by atoms with Gasteiger partial charge >= 0.3 is 0 Å². The Morgan fingerprint density at radius 1 is 1.16 bits per heavy atom. The zero-order chi connectivity index (χ0) is 18.6. The fraction of sp³-hybridized carbons (Fsp3) is 0.125. The summed E-state index contributed by atoms with van der Waals surface area (Å²) in [5, 5.41) is 15.8. The minimum Gasteiger partial charge on any atom is -0.323 e. The highest BCUT2D eigenvalue weighted by Gasteiger charge is 2.19. The molecule has 0 atom stereocenters. The van der Waals surface area contributed by atoms with Crippen molar-refractivity contribution in [3.63, 3.8) is 0 Å². The topological polar surface area (TPSA) is 101 Å². The first kappa shape index (κ1) is 18.5. The zero-order valence-electron chi connectivity index (χ0n) is 13.0. The van der Waals surface area contributed by atoms with E-state index in [9.17, 15) is 24.1 Å². The number of carbonyl (C=O) groups is 2. The summed E-state index contributed by atoms with van der Waals surface area (Å²) in [4.78, 5) is 34.1. The summed E-state index contributed by atoms with van der Waals surface area (Å²) in [6.45, 7) is 0.503. The van der Waals surface area contributed by atoms with Crippen molar-refractivity contribution in [2.24, 2.45) is 0 Å². The third-order valence-corrected chi connectivity index (χ3v) is 3.78. The van der Waals surface area contributed by atoms with Crippen LogP contribution in [-0.2, 0) is 4.79 Å². The molecule has 0 bridgehead atoms. The van der Waals surface area contributed by atoms with Gasteiger partial charge in [0.25, 0.3) is 17.5 Å². The van der Waals surface area contributed by atoms with Crippen LogP contribution in [0, 0.1) is 17.0 Å². The number of alkyl halides is 1. The summed E-state index contributed by atoms with van der Waals surface area (Å²) >= 11 is 3.31. The molecule has 0 saturated heterocycles. The Hall–Kier alpha value is -2.81. The Balaban J connectivity index is 2.39. The van der Waals surface area contributed by atoms with Crippen molar-refractivity contribution in [3.8, 4) is 0 Å². The van der Waals surface area contributed by atoms with E-state index in [4.69, 9.17) is 0 Å². The van der Waals surface area contributed by atoms with Crippen molar-refractivity contribution in [1.82, 2.24) is 0 Å². The average molecular weight is 410 g/mol. The van der Waals surface area contributed by atoms with Crippen LogP contribution in [-0.4, -0.2) is 23.4 Å². The van der Waals surface area contributed by atoms with Gasteiger partial charge in [0, 0.05) is 22.3 Å². The van der Waals surface area contributed by atoms with Crippen molar-refractivity contribution < 1.29 is 18.9 Å². The lowest BCUT2D eigenvalue weighted by Crippen LogP contribution is -2.19. The number of hydrogen-bond acceptors (Lipinski definition) is 4. The van der Waals surface area contributed by atoms with E-state index in [2.05, 4.69) is 26.6 Å². The van der Waals surface area contributed by atoms with Gasteiger partial charge in [0.05, 0.1) is 16.2 Å². The number of nitro groups is 1. The summed E-state index contributed by atoms with van der Waals surface area (Å²) in [5.41, 5.74) is 0.791. The number of nitro benzene ring substituents is 1. The second-order valence-electron chi connectivity index (χ2n) is 5.08. The van der Waals surface area contributed by atoms with Crippen LogP contribution in [0.15, 0.2) is 40.9 Å². The fourth-order valence-electron chi connectivity index (χ4n) is 2.08. The van der Waals surface area contributed by atoms with Crippen molar-refractivity contribution >= 4 is 44.8 Å². The smallest absolute Gasteiger partial charge is 0.270 e. The maximum absolute atomic E-state index is 12.5. The van der Waals surface area contributed by atoms with Crippen LogP contribution in [0.3, 0.4) is 0 Å². The number of aryl methyl sites for hydroxylation is 1. The molecule has 2 rings (SSSR count). The van der Waals surface area contributed by atoms with Crippen molar-refractivity contribution in [1.29, 1.82) is 0 Å². The van der Waals surface area contributed by atoms with Gasteiger partial charge in [-0.3, -0.25) is 19.7 Å². The largest absolute Gasteiger partial charge is 0.323 e. The Bertz CT molecular complexity index is 857. The van der Waals surface area contributed by atoms with Crippen molar-refractivity contribution in [2.75, 3.05) is 17.3 Å². The standard InChI is InChI=1S/C16H13BrFN3O4/c1-9-6-10(17)2-4-13(9)20-16(23)12-7-11(21(24)25)3-5-14(12)19-15(22)8-18/h2-7H,8H2,1H3,(H,19,22)(H,20,23).